The molecular formula is C10H15N5O. The van der Waals surface area contributed by atoms with Gasteiger partial charge in [0.25, 0.3) is 0 Å². The number of hydrogen-bond donors (Lipinski definition) is 1. The Morgan fingerprint density at radius 1 is 1.44 bits per heavy atom. The first kappa shape index (κ1) is 10.8. The number of nitrogens with two attached hydrogens (primary N) is 1. The molecule has 0 aliphatic carbocycles. The summed E-state index contributed by atoms with van der Waals surface area (Å²) < 4.78 is 6.74. The Bertz CT molecular complexity index is 473. The van der Waals surface area contributed by atoms with Crippen LogP contribution < -0.4 is 5.73 Å². The molecule has 6 heteroatoms. The largest absolute Gasteiger partial charge is 0.340 e. The Labute approximate surface area is 93.4 Å². The van der Waals surface area contributed by atoms with Crippen molar-refractivity contribution in [2.75, 3.05) is 0 Å². The van der Waals surface area contributed by atoms with Crippen LogP contribution in [0, 0.1) is 6.92 Å². The topological polar surface area (TPSA) is 82.8 Å². The van der Waals surface area contributed by atoms with Crippen molar-refractivity contribution in [2.24, 2.45) is 5.73 Å². The van der Waals surface area contributed by atoms with Gasteiger partial charge in [0.05, 0.1) is 12.2 Å². The summed E-state index contributed by atoms with van der Waals surface area (Å²) in [5, 5.41) is 8.02. The molecule has 1 atom stereocenters. The lowest BCUT2D eigenvalue weighted by Crippen LogP contribution is -2.13. The van der Waals surface area contributed by atoms with Crippen molar-refractivity contribution < 1.29 is 4.52 Å². The fourth-order valence-electron chi connectivity index (χ4n) is 1.39. The zero-order valence-corrected chi connectivity index (χ0v) is 9.58. The molecule has 2 aromatic rings. The highest BCUT2D eigenvalue weighted by Crippen LogP contribution is 2.17. The van der Waals surface area contributed by atoms with E-state index < -0.39 is 0 Å². The summed E-state index contributed by atoms with van der Waals surface area (Å²) in [7, 11) is 0. The van der Waals surface area contributed by atoms with Gasteiger partial charge in [-0.15, -0.1) is 0 Å². The number of nitrogens with zero attached hydrogens (tertiary/aromatic N) is 4. The van der Waals surface area contributed by atoms with E-state index in [0.29, 0.717) is 17.8 Å². The van der Waals surface area contributed by atoms with E-state index in [4.69, 9.17) is 10.3 Å². The van der Waals surface area contributed by atoms with Gasteiger partial charge in [0, 0.05) is 24.7 Å². The number of aryl methyl sites for hydroxylation is 1. The van der Waals surface area contributed by atoms with Gasteiger partial charge in [-0.1, -0.05) is 5.16 Å². The third-order valence-corrected chi connectivity index (χ3v) is 2.33. The van der Waals surface area contributed by atoms with E-state index in [2.05, 4.69) is 29.1 Å². The van der Waals surface area contributed by atoms with Crippen molar-refractivity contribution in [1.82, 2.24) is 19.9 Å². The van der Waals surface area contributed by atoms with Crippen LogP contribution in [-0.4, -0.2) is 19.9 Å². The van der Waals surface area contributed by atoms with Crippen molar-refractivity contribution in [3.63, 3.8) is 0 Å². The first-order chi connectivity index (χ1) is 7.58. The van der Waals surface area contributed by atoms with E-state index in [9.17, 15) is 0 Å². The van der Waals surface area contributed by atoms with Gasteiger partial charge >= 0.3 is 0 Å². The second-order valence-corrected chi connectivity index (χ2v) is 4.00. The van der Waals surface area contributed by atoms with Crippen LogP contribution in [0.2, 0.25) is 0 Å². The Hall–Kier alpha value is -1.69. The maximum absolute atomic E-state index is 6.00. The molecule has 0 fully saturated rings. The summed E-state index contributed by atoms with van der Waals surface area (Å²) in [4.78, 5) is 4.10. The average Bonchev–Trinajstić information content (AvgIpc) is 2.84. The maximum Gasteiger partial charge on any atom is 0.223 e. The van der Waals surface area contributed by atoms with Gasteiger partial charge in [0.2, 0.25) is 5.89 Å². The zero-order chi connectivity index (χ0) is 11.7. The molecule has 0 spiro atoms. The highest BCUT2D eigenvalue weighted by Gasteiger charge is 2.17. The first-order valence-electron chi connectivity index (χ1n) is 5.17. The predicted octanol–water partition coefficient (Wildman–Crippen LogP) is 1.20. The molecule has 2 rings (SSSR count). The van der Waals surface area contributed by atoms with Crippen molar-refractivity contribution in [3.05, 3.63) is 29.7 Å². The Balaban J connectivity index is 2.23. The lowest BCUT2D eigenvalue weighted by Gasteiger charge is -2.05. The number of aromatic nitrogens is 4. The second-order valence-electron chi connectivity index (χ2n) is 4.00. The van der Waals surface area contributed by atoms with Crippen LogP contribution in [0.5, 0.6) is 0 Å². The molecule has 0 aromatic carbocycles. The van der Waals surface area contributed by atoms with E-state index >= 15 is 0 Å². The quantitative estimate of drug-likeness (QED) is 0.842. The van der Waals surface area contributed by atoms with Crippen LogP contribution in [0.1, 0.15) is 43.2 Å². The molecule has 0 aliphatic heterocycles. The molecule has 0 aliphatic rings. The molecule has 1 unspecified atom stereocenters. The highest BCUT2D eigenvalue weighted by atomic mass is 16.5. The lowest BCUT2D eigenvalue weighted by molar-refractivity contribution is 0.385. The van der Waals surface area contributed by atoms with Gasteiger partial charge in [0.1, 0.15) is 0 Å². The third kappa shape index (κ3) is 1.96. The Morgan fingerprint density at radius 2 is 2.19 bits per heavy atom. The van der Waals surface area contributed by atoms with Gasteiger partial charge in [-0.05, 0) is 13.8 Å². The molecule has 6 nitrogen and oxygen atoms in total. The Kier molecular flexibility index (Phi) is 2.74. The minimum absolute atomic E-state index is 0.313. The lowest BCUT2D eigenvalue weighted by atomic mass is 10.1. The van der Waals surface area contributed by atoms with E-state index in [1.807, 2.05) is 10.9 Å². The number of hydrogen-bond acceptors (Lipinski definition) is 5. The minimum atomic E-state index is -0.384. The second kappa shape index (κ2) is 4.05. The molecular weight excluding hydrogens is 206 g/mol. The van der Waals surface area contributed by atoms with E-state index in [0.717, 1.165) is 5.56 Å². The third-order valence-electron chi connectivity index (χ3n) is 2.33. The monoisotopic (exact) mass is 221 g/mol. The normalized spacial score (nSPS) is 13.3. The Morgan fingerprint density at radius 3 is 2.69 bits per heavy atom. The summed E-state index contributed by atoms with van der Waals surface area (Å²) in [6.45, 7) is 5.85. The molecule has 16 heavy (non-hydrogen) atoms. The smallest absolute Gasteiger partial charge is 0.223 e. The molecule has 0 saturated heterocycles. The van der Waals surface area contributed by atoms with Crippen molar-refractivity contribution in [2.45, 2.75) is 32.9 Å². The average molecular weight is 221 g/mol. The molecule has 0 radical (unpaired) electrons. The molecule has 2 N–H and O–H groups in total. The predicted molar refractivity (Wildman–Crippen MR) is 57.7 cm³/mol. The van der Waals surface area contributed by atoms with Crippen molar-refractivity contribution >= 4 is 0 Å². The van der Waals surface area contributed by atoms with Crippen LogP contribution in [-0.2, 0) is 0 Å². The van der Waals surface area contributed by atoms with Gasteiger partial charge < -0.3 is 10.3 Å². The molecule has 2 aromatic heterocycles. The van der Waals surface area contributed by atoms with Crippen molar-refractivity contribution in [3.8, 4) is 0 Å². The van der Waals surface area contributed by atoms with Gasteiger partial charge in [-0.2, -0.15) is 10.1 Å². The van der Waals surface area contributed by atoms with E-state index in [1.54, 1.807) is 13.1 Å². The van der Waals surface area contributed by atoms with Crippen LogP contribution in [0.4, 0.5) is 0 Å². The molecule has 86 valence electrons. The van der Waals surface area contributed by atoms with Crippen LogP contribution in [0.15, 0.2) is 16.9 Å². The van der Waals surface area contributed by atoms with Crippen LogP contribution >= 0.6 is 0 Å². The summed E-state index contributed by atoms with van der Waals surface area (Å²) >= 11 is 0. The standard InChI is InChI=1S/C10H15N5O/c1-6(2)15-5-8(4-12-15)9(11)10-13-7(3)16-14-10/h4-6,9H,11H2,1-3H3. The first-order valence-corrected chi connectivity index (χ1v) is 5.17. The molecule has 0 amide bonds. The minimum Gasteiger partial charge on any atom is -0.340 e. The summed E-state index contributed by atoms with van der Waals surface area (Å²) in [6, 6.07) is -0.0714. The van der Waals surface area contributed by atoms with Gasteiger partial charge in [-0.3, -0.25) is 4.68 Å². The van der Waals surface area contributed by atoms with E-state index in [-0.39, 0.29) is 6.04 Å². The van der Waals surface area contributed by atoms with Gasteiger partial charge in [0.15, 0.2) is 5.82 Å². The fraction of sp³-hybridized carbons (Fsp3) is 0.500. The maximum atomic E-state index is 6.00. The molecule has 0 saturated carbocycles. The summed E-state index contributed by atoms with van der Waals surface area (Å²) in [5.41, 5.74) is 6.89. The van der Waals surface area contributed by atoms with E-state index in [1.165, 1.54) is 0 Å². The summed E-state index contributed by atoms with van der Waals surface area (Å²) in [6.07, 6.45) is 3.64. The van der Waals surface area contributed by atoms with Crippen LogP contribution in [0.3, 0.4) is 0 Å². The zero-order valence-electron chi connectivity index (χ0n) is 9.58. The van der Waals surface area contributed by atoms with Crippen LogP contribution in [0.25, 0.3) is 0 Å². The molecule has 2 heterocycles. The number of rotatable bonds is 3. The SMILES string of the molecule is Cc1nc(C(N)c2cnn(C(C)C)c2)no1. The van der Waals surface area contributed by atoms with Gasteiger partial charge in [-0.25, -0.2) is 0 Å². The highest BCUT2D eigenvalue weighted by molar-refractivity contribution is 5.17. The fourth-order valence-corrected chi connectivity index (χ4v) is 1.39. The molecule has 0 bridgehead atoms. The van der Waals surface area contributed by atoms with Crippen molar-refractivity contribution in [1.29, 1.82) is 0 Å². The summed E-state index contributed by atoms with van der Waals surface area (Å²) in [5.74, 6) is 1.00.